The minimum Gasteiger partial charge on any atom is -0.357 e. The highest BCUT2D eigenvalue weighted by Crippen LogP contribution is 2.49. The number of aromatic nitrogens is 1. The molecule has 1 fully saturated rings. The van der Waals surface area contributed by atoms with Crippen molar-refractivity contribution < 1.29 is 4.39 Å². The van der Waals surface area contributed by atoms with E-state index in [1.54, 1.807) is 23.5 Å². The van der Waals surface area contributed by atoms with Crippen molar-refractivity contribution in [2.75, 3.05) is 19.6 Å². The van der Waals surface area contributed by atoms with Gasteiger partial charge in [0, 0.05) is 36.0 Å². The quantitative estimate of drug-likeness (QED) is 0.322. The molecule has 0 bridgehead atoms. The van der Waals surface area contributed by atoms with Crippen LogP contribution in [0.2, 0.25) is 0 Å². The number of aliphatic imine (C=N–C) groups is 1. The lowest BCUT2D eigenvalue weighted by molar-refractivity contribution is 0.572. The van der Waals surface area contributed by atoms with Gasteiger partial charge in [0.25, 0.3) is 0 Å². The molecule has 4 nitrogen and oxygen atoms in total. The number of hydrogen-bond acceptors (Lipinski definition) is 3. The first-order chi connectivity index (χ1) is 12.7. The van der Waals surface area contributed by atoms with Crippen molar-refractivity contribution in [3.63, 3.8) is 0 Å². The van der Waals surface area contributed by atoms with Crippen LogP contribution in [0.5, 0.6) is 0 Å². The van der Waals surface area contributed by atoms with Crippen LogP contribution in [-0.2, 0) is 18.3 Å². The van der Waals surface area contributed by atoms with Crippen LogP contribution in [0.4, 0.5) is 4.39 Å². The number of nitrogens with one attached hydrogen (secondary N) is 2. The molecule has 0 saturated heterocycles. The number of aryl methyl sites for hydroxylation is 1. The summed E-state index contributed by atoms with van der Waals surface area (Å²) < 4.78 is 14.1. The molecule has 27 heavy (non-hydrogen) atoms. The summed E-state index contributed by atoms with van der Waals surface area (Å²) in [6.45, 7) is 6.40. The number of guanidine groups is 1. The fourth-order valence-electron chi connectivity index (χ4n) is 3.04. The number of thiazole rings is 1. The third-order valence-electron chi connectivity index (χ3n) is 4.76. The molecule has 2 aromatic rings. The summed E-state index contributed by atoms with van der Waals surface area (Å²) in [6.07, 6.45) is 5.87. The summed E-state index contributed by atoms with van der Waals surface area (Å²) in [5.74, 6) is 0.677. The summed E-state index contributed by atoms with van der Waals surface area (Å²) >= 11 is 1.77. The molecule has 0 aliphatic heterocycles. The minimum atomic E-state index is -0.126. The van der Waals surface area contributed by atoms with Crippen LogP contribution in [0.1, 0.15) is 42.1 Å². The third kappa shape index (κ3) is 5.88. The number of hydrogen-bond donors (Lipinski definition) is 2. The van der Waals surface area contributed by atoms with Gasteiger partial charge in [0.15, 0.2) is 5.96 Å². The molecule has 0 spiro atoms. The van der Waals surface area contributed by atoms with E-state index in [4.69, 9.17) is 4.99 Å². The van der Waals surface area contributed by atoms with Gasteiger partial charge >= 0.3 is 0 Å². The number of benzene rings is 1. The van der Waals surface area contributed by atoms with Gasteiger partial charge in [-0.15, -0.1) is 35.3 Å². The summed E-state index contributed by atoms with van der Waals surface area (Å²) in [5.41, 5.74) is 0.674. The van der Waals surface area contributed by atoms with E-state index in [1.807, 2.05) is 18.3 Å². The van der Waals surface area contributed by atoms with Crippen LogP contribution in [0, 0.1) is 5.82 Å². The van der Waals surface area contributed by atoms with Crippen molar-refractivity contribution in [1.29, 1.82) is 0 Å². The summed E-state index contributed by atoms with van der Waals surface area (Å²) in [4.78, 5) is 10.5. The lowest BCUT2D eigenvalue weighted by atomic mass is 9.95. The second-order valence-corrected chi connectivity index (χ2v) is 7.91. The Morgan fingerprint density at radius 2 is 2.04 bits per heavy atom. The fourth-order valence-corrected chi connectivity index (χ4v) is 3.90. The molecule has 1 aliphatic rings. The summed E-state index contributed by atoms with van der Waals surface area (Å²) in [6, 6.07) is 7.09. The zero-order chi connectivity index (χ0) is 18.4. The maximum absolute atomic E-state index is 14.1. The van der Waals surface area contributed by atoms with E-state index in [-0.39, 0.29) is 35.2 Å². The maximum atomic E-state index is 14.1. The SMILES string of the molecule is CCNC(=NCC1(c2ccccc2F)CC1)NCCc1ncc(CC)s1.I. The van der Waals surface area contributed by atoms with E-state index in [0.717, 1.165) is 55.3 Å². The molecule has 3 rings (SSSR count). The Balaban J connectivity index is 0.00000261. The highest BCUT2D eigenvalue weighted by Gasteiger charge is 2.45. The molecule has 0 atom stereocenters. The van der Waals surface area contributed by atoms with Crippen molar-refractivity contribution in [2.45, 2.75) is 44.9 Å². The van der Waals surface area contributed by atoms with Gasteiger partial charge < -0.3 is 10.6 Å². The predicted octanol–water partition coefficient (Wildman–Crippen LogP) is 4.29. The van der Waals surface area contributed by atoms with Crippen molar-refractivity contribution in [3.05, 3.63) is 51.7 Å². The van der Waals surface area contributed by atoms with E-state index in [9.17, 15) is 4.39 Å². The first kappa shape index (κ1) is 22.1. The molecule has 2 N–H and O–H groups in total. The Morgan fingerprint density at radius 3 is 2.67 bits per heavy atom. The first-order valence-electron chi connectivity index (χ1n) is 9.37. The molecule has 7 heteroatoms. The Hall–Kier alpha value is -1.22. The first-order valence-corrected chi connectivity index (χ1v) is 10.2. The molecule has 1 saturated carbocycles. The van der Waals surface area contributed by atoms with Crippen LogP contribution in [0.3, 0.4) is 0 Å². The highest BCUT2D eigenvalue weighted by atomic mass is 127. The van der Waals surface area contributed by atoms with E-state index >= 15 is 0 Å². The molecular formula is C20H28FIN4S. The standard InChI is InChI=1S/C20H27FN4S.HI/c1-3-15-13-24-18(26-15)9-12-23-19(22-4-2)25-14-20(10-11-20)16-7-5-6-8-17(16)21;/h5-8,13H,3-4,9-12,14H2,1-2H3,(H2,22,23,25);1H. The van der Waals surface area contributed by atoms with Crippen molar-refractivity contribution in [1.82, 2.24) is 15.6 Å². The lowest BCUT2D eigenvalue weighted by Crippen LogP contribution is -2.39. The van der Waals surface area contributed by atoms with Gasteiger partial charge in [-0.3, -0.25) is 4.99 Å². The molecule has 0 amide bonds. The highest BCUT2D eigenvalue weighted by molar-refractivity contribution is 14.0. The summed E-state index contributed by atoms with van der Waals surface area (Å²) in [5, 5.41) is 7.80. The van der Waals surface area contributed by atoms with Gasteiger partial charge in [0.05, 0.1) is 11.6 Å². The largest absolute Gasteiger partial charge is 0.357 e. The minimum absolute atomic E-state index is 0. The van der Waals surface area contributed by atoms with Crippen LogP contribution < -0.4 is 10.6 Å². The Bertz CT molecular complexity index is 758. The average molecular weight is 502 g/mol. The second-order valence-electron chi connectivity index (χ2n) is 6.71. The molecule has 1 aliphatic carbocycles. The van der Waals surface area contributed by atoms with Crippen molar-refractivity contribution >= 4 is 41.3 Å². The normalized spacial score (nSPS) is 15.1. The molecular weight excluding hydrogens is 474 g/mol. The average Bonchev–Trinajstić information content (AvgIpc) is 3.29. The van der Waals surface area contributed by atoms with E-state index in [2.05, 4.69) is 29.5 Å². The molecule has 0 unspecified atom stereocenters. The maximum Gasteiger partial charge on any atom is 0.191 e. The smallest absolute Gasteiger partial charge is 0.191 e. The second kappa shape index (κ2) is 10.4. The third-order valence-corrected chi connectivity index (χ3v) is 5.97. The molecule has 0 radical (unpaired) electrons. The monoisotopic (exact) mass is 502 g/mol. The van der Waals surface area contributed by atoms with Crippen LogP contribution in [0.15, 0.2) is 35.5 Å². The van der Waals surface area contributed by atoms with Crippen LogP contribution in [-0.4, -0.2) is 30.6 Å². The van der Waals surface area contributed by atoms with Crippen molar-refractivity contribution in [3.8, 4) is 0 Å². The topological polar surface area (TPSA) is 49.3 Å². The van der Waals surface area contributed by atoms with Gasteiger partial charge in [-0.25, -0.2) is 9.37 Å². The number of rotatable bonds is 8. The Kier molecular flexibility index (Phi) is 8.47. The van der Waals surface area contributed by atoms with Crippen molar-refractivity contribution in [2.24, 2.45) is 4.99 Å². The van der Waals surface area contributed by atoms with Gasteiger partial charge in [-0.05, 0) is 37.8 Å². The molecule has 148 valence electrons. The zero-order valence-electron chi connectivity index (χ0n) is 15.9. The number of halogens is 2. The van der Waals surface area contributed by atoms with E-state index in [0.29, 0.717) is 6.54 Å². The van der Waals surface area contributed by atoms with Gasteiger partial charge in [-0.1, -0.05) is 25.1 Å². The fraction of sp³-hybridized carbons (Fsp3) is 0.500. The van der Waals surface area contributed by atoms with Gasteiger partial charge in [0.1, 0.15) is 5.82 Å². The van der Waals surface area contributed by atoms with Crippen LogP contribution >= 0.6 is 35.3 Å². The van der Waals surface area contributed by atoms with Gasteiger partial charge in [0.2, 0.25) is 0 Å². The molecule has 1 heterocycles. The Morgan fingerprint density at radius 1 is 1.26 bits per heavy atom. The van der Waals surface area contributed by atoms with E-state index < -0.39 is 0 Å². The summed E-state index contributed by atoms with van der Waals surface area (Å²) in [7, 11) is 0. The molecule has 1 aromatic carbocycles. The van der Waals surface area contributed by atoms with Gasteiger partial charge in [-0.2, -0.15) is 0 Å². The molecule has 1 aromatic heterocycles. The van der Waals surface area contributed by atoms with Crippen LogP contribution in [0.25, 0.3) is 0 Å². The number of nitrogens with zero attached hydrogens (tertiary/aromatic N) is 2. The Labute approximate surface area is 182 Å². The lowest BCUT2D eigenvalue weighted by Gasteiger charge is -2.16. The van der Waals surface area contributed by atoms with E-state index in [1.165, 1.54) is 4.88 Å². The predicted molar refractivity (Wildman–Crippen MR) is 122 cm³/mol. The zero-order valence-corrected chi connectivity index (χ0v) is 19.1.